The lowest BCUT2D eigenvalue weighted by molar-refractivity contribution is -0.144. The summed E-state index contributed by atoms with van der Waals surface area (Å²) in [5, 5.41) is 10.1. The molecule has 1 saturated carbocycles. The number of nitrogens with one attached hydrogen (secondary N) is 1. The molecule has 1 aliphatic rings. The number of fused-ring (bicyclic) bond motifs is 1. The fourth-order valence-electron chi connectivity index (χ4n) is 3.85. The lowest BCUT2D eigenvalue weighted by atomic mass is 9.84. The molecule has 4 N–H and O–H groups in total. The van der Waals surface area contributed by atoms with Crippen molar-refractivity contribution >= 4 is 21.7 Å². The number of aliphatic hydroxyl groups is 1. The van der Waals surface area contributed by atoms with E-state index in [0.717, 1.165) is 4.40 Å². The summed E-state index contributed by atoms with van der Waals surface area (Å²) >= 11 is 0. The summed E-state index contributed by atoms with van der Waals surface area (Å²) in [6, 6.07) is 4.15. The van der Waals surface area contributed by atoms with Crippen LogP contribution in [0.4, 0.5) is 19.1 Å². The number of nitrogen functional groups attached to an aromatic ring is 1. The summed E-state index contributed by atoms with van der Waals surface area (Å²) in [5.41, 5.74) is 6.13. The maximum absolute atomic E-state index is 13.0. The van der Waals surface area contributed by atoms with Gasteiger partial charge >= 0.3 is 6.18 Å². The zero-order valence-corrected chi connectivity index (χ0v) is 18.7. The summed E-state index contributed by atoms with van der Waals surface area (Å²) in [7, 11) is -3.88. The van der Waals surface area contributed by atoms with Gasteiger partial charge in [0.25, 0.3) is 0 Å². The summed E-state index contributed by atoms with van der Waals surface area (Å²) in [5.74, 6) is -2.15. The zero-order valence-electron chi connectivity index (χ0n) is 17.9. The second-order valence-corrected chi connectivity index (χ2v) is 10.3. The van der Waals surface area contributed by atoms with Crippen LogP contribution >= 0.6 is 0 Å². The van der Waals surface area contributed by atoms with E-state index in [1.54, 1.807) is 19.9 Å². The van der Waals surface area contributed by atoms with E-state index in [1.165, 1.54) is 18.3 Å². The first kappa shape index (κ1) is 23.4. The number of aromatic nitrogens is 4. The number of benzene rings is 1. The van der Waals surface area contributed by atoms with Crippen molar-refractivity contribution < 1.29 is 26.7 Å². The minimum absolute atomic E-state index is 0.00692. The Morgan fingerprint density at radius 3 is 2.52 bits per heavy atom. The summed E-state index contributed by atoms with van der Waals surface area (Å²) in [6.45, 7) is 3.45. The zero-order chi connectivity index (χ0) is 24.2. The normalized spacial score (nSPS) is 22.1. The number of rotatable bonds is 4. The highest BCUT2D eigenvalue weighted by Gasteiger charge is 2.36. The fraction of sp³-hybridized carbons (Fsp3) is 0.450. The average molecular weight is 485 g/mol. The maximum atomic E-state index is 13.0. The molecule has 0 aliphatic heterocycles. The van der Waals surface area contributed by atoms with Crippen molar-refractivity contribution in [2.45, 2.75) is 62.2 Å². The molecule has 1 aliphatic carbocycles. The maximum Gasteiger partial charge on any atom is 0.451 e. The van der Waals surface area contributed by atoms with Crippen molar-refractivity contribution in [3.8, 4) is 11.3 Å². The highest BCUT2D eigenvalue weighted by Crippen LogP contribution is 2.31. The monoisotopic (exact) mass is 484 g/mol. The number of anilines is 1. The molecule has 0 unspecified atom stereocenters. The van der Waals surface area contributed by atoms with Gasteiger partial charge in [-0.2, -0.15) is 23.1 Å². The van der Waals surface area contributed by atoms with Gasteiger partial charge in [-0.05, 0) is 57.2 Å². The predicted octanol–water partition coefficient (Wildman–Crippen LogP) is 2.67. The molecule has 2 aromatic heterocycles. The topological polar surface area (TPSA) is 136 Å². The number of imidazole rings is 1. The van der Waals surface area contributed by atoms with E-state index in [2.05, 4.69) is 19.7 Å². The molecule has 2 heterocycles. The van der Waals surface area contributed by atoms with E-state index in [-0.39, 0.29) is 22.4 Å². The van der Waals surface area contributed by atoms with Crippen LogP contribution in [0.1, 0.15) is 44.0 Å². The molecule has 0 radical (unpaired) electrons. The number of halogens is 3. The van der Waals surface area contributed by atoms with Gasteiger partial charge in [0.05, 0.1) is 16.2 Å². The largest absolute Gasteiger partial charge is 0.451 e. The van der Waals surface area contributed by atoms with Crippen LogP contribution in [0, 0.1) is 6.92 Å². The van der Waals surface area contributed by atoms with Crippen LogP contribution in [-0.4, -0.2) is 44.5 Å². The van der Waals surface area contributed by atoms with Gasteiger partial charge in [0, 0.05) is 17.8 Å². The first-order valence-electron chi connectivity index (χ1n) is 10.2. The Labute approximate surface area is 187 Å². The molecule has 178 valence electrons. The lowest BCUT2D eigenvalue weighted by Crippen LogP contribution is -2.42. The minimum atomic E-state index is -4.79. The third-order valence-electron chi connectivity index (χ3n) is 5.79. The van der Waals surface area contributed by atoms with Crippen LogP contribution < -0.4 is 10.5 Å². The van der Waals surface area contributed by atoms with Crippen LogP contribution in [-0.2, 0) is 16.2 Å². The second-order valence-electron chi connectivity index (χ2n) is 8.57. The summed E-state index contributed by atoms with van der Waals surface area (Å²) in [4.78, 5) is 10.8. The quantitative estimate of drug-likeness (QED) is 0.518. The molecule has 1 fully saturated rings. The van der Waals surface area contributed by atoms with Crippen molar-refractivity contribution in [1.29, 1.82) is 0 Å². The van der Waals surface area contributed by atoms with Crippen molar-refractivity contribution in [3.05, 3.63) is 35.8 Å². The number of nitrogens with two attached hydrogens (primary N) is 1. The standard InChI is InChI=1S/C20H23F3N6O3S/c1-11-3-4-13(33(31,32)28-12-5-7-19(2,30)8-6-12)9-14(11)15-10-29-17(24)26-16(20(21,22)23)27-18(29)25-15/h3-4,9-10,12,28,30H,5-8H2,1-2H3,(H2,24,25,26,27)/t12-,19-. The Kier molecular flexibility index (Phi) is 5.61. The molecular weight excluding hydrogens is 461 g/mol. The molecule has 1 aromatic carbocycles. The van der Waals surface area contributed by atoms with Crippen molar-refractivity contribution in [1.82, 2.24) is 24.1 Å². The molecule has 0 spiro atoms. The van der Waals surface area contributed by atoms with Crippen LogP contribution in [0.5, 0.6) is 0 Å². The molecule has 0 saturated heterocycles. The van der Waals surface area contributed by atoms with E-state index >= 15 is 0 Å². The Bertz CT molecular complexity index is 1310. The van der Waals surface area contributed by atoms with Crippen LogP contribution in [0.25, 0.3) is 17.0 Å². The van der Waals surface area contributed by atoms with E-state index in [4.69, 9.17) is 5.73 Å². The fourth-order valence-corrected chi connectivity index (χ4v) is 5.18. The van der Waals surface area contributed by atoms with E-state index in [1.807, 2.05) is 0 Å². The first-order chi connectivity index (χ1) is 15.2. The van der Waals surface area contributed by atoms with Gasteiger partial charge < -0.3 is 10.8 Å². The van der Waals surface area contributed by atoms with E-state index in [9.17, 15) is 26.7 Å². The Balaban J connectivity index is 1.67. The number of alkyl halides is 3. The minimum Gasteiger partial charge on any atom is -0.390 e. The van der Waals surface area contributed by atoms with Crippen LogP contribution in [0.3, 0.4) is 0 Å². The van der Waals surface area contributed by atoms with Crippen LogP contribution in [0.15, 0.2) is 29.3 Å². The predicted molar refractivity (Wildman–Crippen MR) is 114 cm³/mol. The highest BCUT2D eigenvalue weighted by molar-refractivity contribution is 7.89. The molecule has 33 heavy (non-hydrogen) atoms. The van der Waals surface area contributed by atoms with Gasteiger partial charge in [0.2, 0.25) is 27.6 Å². The van der Waals surface area contributed by atoms with Gasteiger partial charge in [0.1, 0.15) is 0 Å². The third kappa shape index (κ3) is 4.80. The van der Waals surface area contributed by atoms with E-state index in [0.29, 0.717) is 36.8 Å². The van der Waals surface area contributed by atoms with Gasteiger partial charge in [0.15, 0.2) is 0 Å². The van der Waals surface area contributed by atoms with Crippen LogP contribution in [0.2, 0.25) is 0 Å². The average Bonchev–Trinajstić information content (AvgIpc) is 3.14. The van der Waals surface area contributed by atoms with E-state index < -0.39 is 33.6 Å². The Morgan fingerprint density at radius 2 is 1.88 bits per heavy atom. The summed E-state index contributed by atoms with van der Waals surface area (Å²) in [6.07, 6.45) is -1.43. The smallest absolute Gasteiger partial charge is 0.390 e. The van der Waals surface area contributed by atoms with Gasteiger partial charge in [-0.25, -0.2) is 18.1 Å². The number of aryl methyl sites for hydroxylation is 1. The van der Waals surface area contributed by atoms with Gasteiger partial charge in [-0.15, -0.1) is 0 Å². The highest BCUT2D eigenvalue weighted by atomic mass is 32.2. The lowest BCUT2D eigenvalue weighted by Gasteiger charge is -2.33. The van der Waals surface area contributed by atoms with Gasteiger partial charge in [-0.1, -0.05) is 6.07 Å². The SMILES string of the molecule is Cc1ccc(S(=O)(=O)N[C@H]2CC[C@](C)(O)CC2)cc1-c1cn2c(N)nc(C(F)(F)F)nc2n1. The molecule has 4 rings (SSSR count). The first-order valence-corrected chi connectivity index (χ1v) is 11.7. The Morgan fingerprint density at radius 1 is 1.21 bits per heavy atom. The number of hydrogen-bond acceptors (Lipinski definition) is 7. The third-order valence-corrected chi connectivity index (χ3v) is 7.31. The molecule has 0 bridgehead atoms. The molecule has 3 aromatic rings. The Hall–Kier alpha value is -2.77. The van der Waals surface area contributed by atoms with Crippen molar-refractivity contribution in [3.63, 3.8) is 0 Å². The number of hydrogen-bond donors (Lipinski definition) is 3. The summed E-state index contributed by atoms with van der Waals surface area (Å²) < 4.78 is 68.7. The molecule has 13 heteroatoms. The van der Waals surface area contributed by atoms with Crippen molar-refractivity contribution in [2.75, 3.05) is 5.73 Å². The molecule has 0 amide bonds. The molecule has 9 nitrogen and oxygen atoms in total. The number of nitrogens with zero attached hydrogens (tertiary/aromatic N) is 4. The molecule has 0 atom stereocenters. The van der Waals surface area contributed by atoms with Crippen molar-refractivity contribution in [2.24, 2.45) is 0 Å². The van der Waals surface area contributed by atoms with Gasteiger partial charge in [-0.3, -0.25) is 4.40 Å². The molecular formula is C20H23F3N6O3S. The second kappa shape index (κ2) is 7.92. The number of sulfonamides is 1.